The second-order valence-electron chi connectivity index (χ2n) is 16.5. The molecule has 0 aliphatic carbocycles. The fraction of sp³-hybridized carbons (Fsp3) is 0.436. The van der Waals surface area contributed by atoms with Crippen LogP contribution in [0.3, 0.4) is 0 Å². The smallest absolute Gasteiger partial charge is 1.00 e. The molecule has 0 N–H and O–H groups in total. The van der Waals surface area contributed by atoms with Gasteiger partial charge in [0.05, 0.1) is 24.9 Å². The Kier molecular flexibility index (Phi) is 36.2. The number of methoxy groups -OCH3 is 3. The van der Waals surface area contributed by atoms with E-state index in [0.717, 1.165) is 17.9 Å². The summed E-state index contributed by atoms with van der Waals surface area (Å²) in [5.74, 6) is 5.22. The van der Waals surface area contributed by atoms with Crippen molar-refractivity contribution in [2.24, 2.45) is 0 Å². The van der Waals surface area contributed by atoms with Crippen molar-refractivity contribution in [3.05, 3.63) is 153 Å². The van der Waals surface area contributed by atoms with Crippen molar-refractivity contribution in [2.45, 2.75) is 138 Å². The molecular weight excluding hydrogens is 966 g/mol. The van der Waals surface area contributed by atoms with Gasteiger partial charge in [-0.2, -0.15) is 41.3 Å². The van der Waals surface area contributed by atoms with E-state index in [2.05, 4.69) is 174 Å². The number of hydrogen-bond acceptors (Lipinski definition) is 3. The van der Waals surface area contributed by atoms with E-state index in [-0.39, 0.29) is 64.7 Å². The van der Waals surface area contributed by atoms with Crippen LogP contribution in [0.15, 0.2) is 84.9 Å². The second-order valence-corrected chi connectivity index (χ2v) is 17.6. The van der Waals surface area contributed by atoms with E-state index in [0.29, 0.717) is 41.3 Å². The average Bonchev–Trinajstić information content (AvgIpc) is 3.24. The Morgan fingerprint density at radius 3 is 1.48 bits per heavy atom. The Hall–Kier alpha value is -2.18. The van der Waals surface area contributed by atoms with Crippen LogP contribution in [-0.4, -0.2) is 44.4 Å². The van der Waals surface area contributed by atoms with Crippen molar-refractivity contribution < 1.29 is 54.4 Å². The number of ether oxygens (including phenoxy) is 3. The Morgan fingerprint density at radius 1 is 0.651 bits per heavy atom. The summed E-state index contributed by atoms with van der Waals surface area (Å²) < 4.78 is 28.6. The summed E-state index contributed by atoms with van der Waals surface area (Å²) in [5.41, 5.74) is 11.2. The second kappa shape index (κ2) is 35.1. The van der Waals surface area contributed by atoms with E-state index in [4.69, 9.17) is 14.2 Å². The predicted molar refractivity (Wildman–Crippen MR) is 271 cm³/mol. The fourth-order valence-corrected chi connectivity index (χ4v) is 6.62. The molecule has 0 amide bonds. The summed E-state index contributed by atoms with van der Waals surface area (Å²) in [5, 5.41) is 0. The molecule has 0 bridgehead atoms. The predicted octanol–water partition coefficient (Wildman–Crippen LogP) is 10.6. The molecular formula is C55H74BrFILiMgO3. The monoisotopic (exact) mass is 1040 g/mol. The molecule has 8 heteroatoms. The van der Waals surface area contributed by atoms with Crippen molar-refractivity contribution in [3.63, 3.8) is 0 Å². The van der Waals surface area contributed by atoms with Gasteiger partial charge in [-0.1, -0.05) is 133 Å². The van der Waals surface area contributed by atoms with Crippen LogP contribution in [0.1, 0.15) is 172 Å². The van der Waals surface area contributed by atoms with Crippen LogP contribution in [0.4, 0.5) is 4.39 Å². The standard InChI is InChI=1S/C22H29IO.C15H23.C7H7FO.C7H6O.C4H9.BrH.Li.Mg/c1-13(2)16-11-18(14(3)4)21(19(12-16)15(5)6)17-9-8-10-20(24-7)22(17)23;1-10(2)13-7-14(11(3)4)9-15(8-13)12(5)6;1-9-7-4-2-3-6(8)5-7;1-8-7-5-3-2-4-6-7;1-3-4-2;;;/h8-15H,1-7H3;7-8,10-12H,1-6H3;2-5H,1H3;2-3,5H,1H3;1,3-4H2,2H3;1H;;/q;-1;;;-1;;+1;+2/p-1. The summed E-state index contributed by atoms with van der Waals surface area (Å²) in [7, 11) is 4.87. The Labute approximate surface area is 437 Å². The topological polar surface area (TPSA) is 27.7 Å². The van der Waals surface area contributed by atoms with Gasteiger partial charge < -0.3 is 38.1 Å². The van der Waals surface area contributed by atoms with Crippen molar-refractivity contribution in [3.8, 4) is 28.4 Å². The Balaban J connectivity index is -0.000000790. The summed E-state index contributed by atoms with van der Waals surface area (Å²) in [6.07, 6.45) is 2.28. The maximum absolute atomic E-state index is 12.3. The van der Waals surface area contributed by atoms with Crippen LogP contribution in [0.5, 0.6) is 17.2 Å². The van der Waals surface area contributed by atoms with Crippen LogP contribution >= 0.6 is 22.6 Å². The van der Waals surface area contributed by atoms with Crippen molar-refractivity contribution in [1.29, 1.82) is 0 Å². The van der Waals surface area contributed by atoms with Gasteiger partial charge in [0.25, 0.3) is 0 Å². The molecule has 0 fully saturated rings. The van der Waals surface area contributed by atoms with E-state index < -0.39 is 0 Å². The average molecular weight is 1040 g/mol. The Morgan fingerprint density at radius 2 is 1.14 bits per heavy atom. The molecule has 336 valence electrons. The van der Waals surface area contributed by atoms with Crippen LogP contribution < -0.4 is 50.1 Å². The van der Waals surface area contributed by atoms with Gasteiger partial charge in [0.2, 0.25) is 0 Å². The molecule has 5 rings (SSSR count). The van der Waals surface area contributed by atoms with Gasteiger partial charge in [-0.05, 0) is 128 Å². The minimum absolute atomic E-state index is 0. The zero-order valence-electron chi connectivity index (χ0n) is 41.7. The summed E-state index contributed by atoms with van der Waals surface area (Å²) in [6, 6.07) is 36.3. The van der Waals surface area contributed by atoms with E-state index in [1.54, 1.807) is 32.4 Å². The fourth-order valence-electron chi connectivity index (χ4n) is 5.77. The third-order valence-corrected chi connectivity index (χ3v) is 10.8. The van der Waals surface area contributed by atoms with Crippen LogP contribution in [0, 0.1) is 34.5 Å². The third-order valence-electron chi connectivity index (χ3n) is 9.66. The molecule has 0 unspecified atom stereocenters. The molecule has 0 aliphatic rings. The van der Waals surface area contributed by atoms with Crippen molar-refractivity contribution >= 4 is 45.6 Å². The molecule has 0 atom stereocenters. The quantitative estimate of drug-likeness (QED) is 0.0750. The number of rotatable bonds is 11. The van der Waals surface area contributed by atoms with Gasteiger partial charge in [-0.25, -0.2) is 4.39 Å². The van der Waals surface area contributed by atoms with Gasteiger partial charge >= 0.3 is 41.9 Å². The van der Waals surface area contributed by atoms with Crippen LogP contribution in [0.25, 0.3) is 11.1 Å². The van der Waals surface area contributed by atoms with E-state index in [1.165, 1.54) is 73.7 Å². The first-order valence-corrected chi connectivity index (χ1v) is 22.5. The van der Waals surface area contributed by atoms with Gasteiger partial charge in [0, 0.05) is 6.07 Å². The molecule has 0 aliphatic heterocycles. The molecule has 5 aromatic rings. The number of benzene rings is 4. The minimum Gasteiger partial charge on any atom is -1.00 e. The van der Waals surface area contributed by atoms with E-state index >= 15 is 0 Å². The molecule has 0 heterocycles. The SMILES string of the molecule is CC(C)c1[c-]c(C(C)C)cc(C(C)C)c1.COc1c#cccc1.COc1cccc(-c2c(C(C)C)cc(C(C)C)cc2C(C)C)c1I.COc1cccc(F)c1.[Br-].[CH2-]CCC.[Li+].[Mg+2]. The van der Waals surface area contributed by atoms with Crippen LogP contribution in [0.2, 0.25) is 0 Å². The number of halogens is 3. The molecule has 63 heavy (non-hydrogen) atoms. The first-order chi connectivity index (χ1) is 28.4. The zero-order valence-corrected chi connectivity index (χ0v) is 46.9. The third kappa shape index (κ3) is 23.2. The Bertz CT molecular complexity index is 1850. The molecule has 5 aromatic carbocycles. The number of hydrogen-bond donors (Lipinski definition) is 0. The van der Waals surface area contributed by atoms with E-state index in [9.17, 15) is 4.39 Å². The normalized spacial score (nSPS) is 9.98. The first-order valence-electron chi connectivity index (χ1n) is 21.5. The largest absolute Gasteiger partial charge is 2.00 e. The molecule has 0 saturated heterocycles. The maximum Gasteiger partial charge on any atom is 2.00 e. The molecule has 0 spiro atoms. The van der Waals surface area contributed by atoms with E-state index in [1.807, 2.05) is 18.2 Å². The first kappa shape index (κ1) is 65.1. The van der Waals surface area contributed by atoms with Gasteiger partial charge in [-0.15, -0.1) is 0 Å². The van der Waals surface area contributed by atoms with Gasteiger partial charge in [0.1, 0.15) is 17.3 Å². The number of unbranched alkanes of at least 4 members (excludes halogenated alkanes) is 1. The summed E-state index contributed by atoms with van der Waals surface area (Å²) in [6.45, 7) is 32.9. The summed E-state index contributed by atoms with van der Waals surface area (Å²) in [4.78, 5) is 0. The maximum atomic E-state index is 12.3. The van der Waals surface area contributed by atoms with Crippen molar-refractivity contribution in [1.82, 2.24) is 0 Å². The molecule has 0 aromatic heterocycles. The zero-order chi connectivity index (χ0) is 45.5. The van der Waals surface area contributed by atoms with Crippen LogP contribution in [-0.2, 0) is 0 Å². The molecule has 3 nitrogen and oxygen atoms in total. The molecule has 0 radical (unpaired) electrons. The van der Waals surface area contributed by atoms with Gasteiger partial charge in [-0.3, -0.25) is 0 Å². The van der Waals surface area contributed by atoms with Gasteiger partial charge in [0.15, 0.2) is 5.75 Å². The van der Waals surface area contributed by atoms with Crippen molar-refractivity contribution in [2.75, 3.05) is 21.3 Å². The summed E-state index contributed by atoms with van der Waals surface area (Å²) >= 11 is 2.42. The molecule has 0 saturated carbocycles. The minimum atomic E-state index is -0.269.